The summed E-state index contributed by atoms with van der Waals surface area (Å²) in [6.45, 7) is 6.81. The first-order valence-electron chi connectivity index (χ1n) is 15.4. The minimum atomic E-state index is -1.08. The Morgan fingerprint density at radius 2 is 1.60 bits per heavy atom. The average Bonchev–Trinajstić information content (AvgIpc) is 3.85. The Balaban J connectivity index is 0.933. The van der Waals surface area contributed by atoms with Crippen molar-refractivity contribution < 1.29 is 14.2 Å². The highest BCUT2D eigenvalue weighted by Crippen LogP contribution is 2.40. The van der Waals surface area contributed by atoms with Crippen LogP contribution in [0.5, 0.6) is 5.75 Å². The van der Waals surface area contributed by atoms with Crippen LogP contribution in [0.25, 0.3) is 5.69 Å². The second-order valence-corrected chi connectivity index (χ2v) is 13.1. The summed E-state index contributed by atoms with van der Waals surface area (Å²) in [5.74, 6) is 0.579. The van der Waals surface area contributed by atoms with E-state index in [0.29, 0.717) is 35.4 Å². The van der Waals surface area contributed by atoms with Crippen LogP contribution in [0.1, 0.15) is 11.4 Å². The summed E-state index contributed by atoms with van der Waals surface area (Å²) in [6.07, 6.45) is 7.04. The molecule has 244 valence electrons. The third kappa shape index (κ3) is 6.81. The first kappa shape index (κ1) is 31.8. The summed E-state index contributed by atoms with van der Waals surface area (Å²) in [4.78, 5) is 9.00. The van der Waals surface area contributed by atoms with Gasteiger partial charge < -0.3 is 28.6 Å². The van der Waals surface area contributed by atoms with Gasteiger partial charge >= 0.3 is 0 Å². The van der Waals surface area contributed by atoms with Crippen LogP contribution in [0.4, 0.5) is 11.4 Å². The molecule has 0 amide bonds. The number of hydrogen-bond acceptors (Lipinski definition) is 9. The standard InChI is InChI=1S/C34H35Cl2N7O3S/c1-24-38-39-33(47-2)43(24)28-6-4-26(5-7-28)41-15-17-42(18-16-41)27-8-10-29(11-9-27)44-20-30-21-45-34(46-30,22-40-14-13-37-23-40)31-12-3-25(35)19-32(31)36/h3-14,19,23,30H,15-18,20-22H2,1-2H3/t30-,34-/m1/s1. The maximum absolute atomic E-state index is 6.60. The fourth-order valence-electron chi connectivity index (χ4n) is 6.13. The molecular formula is C34H35Cl2N7O3S. The smallest absolute Gasteiger partial charge is 0.215 e. The van der Waals surface area contributed by atoms with Gasteiger partial charge in [0.2, 0.25) is 5.79 Å². The molecule has 13 heteroatoms. The molecule has 2 aliphatic heterocycles. The molecule has 0 aliphatic carbocycles. The number of rotatable bonds is 10. The normalized spacial score (nSPS) is 19.8. The van der Waals surface area contributed by atoms with Crippen LogP contribution >= 0.6 is 35.0 Å². The Labute approximate surface area is 288 Å². The third-order valence-corrected chi connectivity index (χ3v) is 9.70. The number of aromatic nitrogens is 5. The summed E-state index contributed by atoms with van der Waals surface area (Å²) in [7, 11) is 0. The van der Waals surface area contributed by atoms with E-state index in [-0.39, 0.29) is 6.10 Å². The van der Waals surface area contributed by atoms with E-state index in [2.05, 4.69) is 65.9 Å². The first-order chi connectivity index (χ1) is 22.9. The number of piperazine rings is 1. The fourth-order valence-corrected chi connectivity index (χ4v) is 7.22. The predicted molar refractivity (Wildman–Crippen MR) is 185 cm³/mol. The molecule has 7 rings (SSSR count). The fraction of sp³-hybridized carbons (Fsp3) is 0.324. The van der Waals surface area contributed by atoms with Gasteiger partial charge in [0.15, 0.2) is 5.16 Å². The van der Waals surface area contributed by atoms with Crippen LogP contribution in [0.3, 0.4) is 0 Å². The van der Waals surface area contributed by atoms with Crippen molar-refractivity contribution in [2.45, 2.75) is 30.5 Å². The van der Waals surface area contributed by atoms with Gasteiger partial charge in [-0.3, -0.25) is 4.57 Å². The quantitative estimate of drug-likeness (QED) is 0.153. The van der Waals surface area contributed by atoms with E-state index in [4.69, 9.17) is 37.4 Å². The molecule has 2 atom stereocenters. The Hall–Kier alpha value is -3.74. The number of anilines is 2. The van der Waals surface area contributed by atoms with Gasteiger partial charge in [-0.1, -0.05) is 41.0 Å². The summed E-state index contributed by atoms with van der Waals surface area (Å²) >= 11 is 14.4. The molecule has 2 fully saturated rings. The van der Waals surface area contributed by atoms with E-state index in [9.17, 15) is 0 Å². The number of hydrogen-bond donors (Lipinski definition) is 0. The highest BCUT2D eigenvalue weighted by atomic mass is 35.5. The molecule has 5 aromatic rings. The molecule has 47 heavy (non-hydrogen) atoms. The SMILES string of the molecule is CSc1nnc(C)n1-c1ccc(N2CCN(c3ccc(OC[C@@H]4CO[C@@](Cn5ccnc5)(c5ccc(Cl)cc5Cl)O4)cc3)CC2)cc1. The van der Waals surface area contributed by atoms with E-state index in [1.807, 2.05) is 42.1 Å². The molecule has 3 aromatic carbocycles. The number of aryl methyl sites for hydroxylation is 1. The maximum atomic E-state index is 6.60. The molecule has 0 N–H and O–H groups in total. The van der Waals surface area contributed by atoms with Crippen molar-refractivity contribution in [2.75, 3.05) is 55.4 Å². The number of nitrogens with zero attached hydrogens (tertiary/aromatic N) is 7. The molecule has 2 aromatic heterocycles. The van der Waals surface area contributed by atoms with Gasteiger partial charge in [0.1, 0.15) is 24.3 Å². The summed E-state index contributed by atoms with van der Waals surface area (Å²) < 4.78 is 23.0. The number of benzene rings is 3. The van der Waals surface area contributed by atoms with Gasteiger partial charge in [0.05, 0.1) is 24.5 Å². The molecule has 0 radical (unpaired) electrons. The first-order valence-corrected chi connectivity index (χ1v) is 17.4. The molecule has 0 bridgehead atoms. The van der Waals surface area contributed by atoms with Gasteiger partial charge in [0, 0.05) is 66.2 Å². The molecule has 10 nitrogen and oxygen atoms in total. The van der Waals surface area contributed by atoms with E-state index < -0.39 is 5.79 Å². The van der Waals surface area contributed by atoms with Crippen molar-refractivity contribution in [3.63, 3.8) is 0 Å². The lowest BCUT2D eigenvalue weighted by Crippen LogP contribution is -2.46. The number of imidazole rings is 1. The minimum Gasteiger partial charge on any atom is -0.491 e. The van der Waals surface area contributed by atoms with Gasteiger partial charge in [-0.15, -0.1) is 10.2 Å². The van der Waals surface area contributed by atoms with Crippen LogP contribution in [0.2, 0.25) is 10.0 Å². The van der Waals surface area contributed by atoms with Crippen molar-refractivity contribution >= 4 is 46.3 Å². The zero-order chi connectivity index (χ0) is 32.4. The number of ether oxygens (including phenoxy) is 3. The summed E-state index contributed by atoms with van der Waals surface area (Å²) in [5.41, 5.74) is 4.19. The van der Waals surface area contributed by atoms with Crippen molar-refractivity contribution in [3.05, 3.63) is 107 Å². The Bertz CT molecular complexity index is 1800. The summed E-state index contributed by atoms with van der Waals surface area (Å²) in [6, 6.07) is 22.3. The Morgan fingerprint density at radius 1 is 0.915 bits per heavy atom. The average molecular weight is 693 g/mol. The van der Waals surface area contributed by atoms with E-state index >= 15 is 0 Å². The van der Waals surface area contributed by atoms with Crippen LogP contribution in [0.15, 0.2) is 90.6 Å². The third-order valence-electron chi connectivity index (χ3n) is 8.52. The molecule has 2 saturated heterocycles. The largest absolute Gasteiger partial charge is 0.491 e. The summed E-state index contributed by atoms with van der Waals surface area (Å²) in [5, 5.41) is 10.4. The highest BCUT2D eigenvalue weighted by molar-refractivity contribution is 7.98. The lowest BCUT2D eigenvalue weighted by Gasteiger charge is -2.37. The molecule has 0 spiro atoms. The van der Waals surface area contributed by atoms with Crippen molar-refractivity contribution in [1.82, 2.24) is 24.3 Å². The topological polar surface area (TPSA) is 82.7 Å². The van der Waals surface area contributed by atoms with Gasteiger partial charge in [0.25, 0.3) is 0 Å². The van der Waals surface area contributed by atoms with E-state index in [1.54, 1.807) is 36.4 Å². The zero-order valence-corrected chi connectivity index (χ0v) is 28.5. The maximum Gasteiger partial charge on any atom is 0.215 e. The van der Waals surface area contributed by atoms with Crippen LogP contribution in [-0.2, 0) is 21.8 Å². The van der Waals surface area contributed by atoms with Crippen molar-refractivity contribution in [3.8, 4) is 11.4 Å². The van der Waals surface area contributed by atoms with Gasteiger partial charge in [-0.25, -0.2) is 4.98 Å². The number of thioether (sulfide) groups is 1. The monoisotopic (exact) mass is 691 g/mol. The predicted octanol–water partition coefficient (Wildman–Crippen LogP) is 6.47. The molecule has 2 aliphatic rings. The van der Waals surface area contributed by atoms with E-state index in [1.165, 1.54) is 11.4 Å². The Kier molecular flexibility index (Phi) is 9.33. The molecule has 4 heterocycles. The van der Waals surface area contributed by atoms with Gasteiger partial charge in [-0.2, -0.15) is 0 Å². The Morgan fingerprint density at radius 3 is 2.23 bits per heavy atom. The van der Waals surface area contributed by atoms with E-state index in [0.717, 1.165) is 48.6 Å². The lowest BCUT2D eigenvalue weighted by molar-refractivity contribution is -0.189. The van der Waals surface area contributed by atoms with Crippen molar-refractivity contribution in [1.29, 1.82) is 0 Å². The van der Waals surface area contributed by atoms with Crippen LogP contribution in [-0.4, -0.2) is 76.1 Å². The molecule has 0 unspecified atom stereocenters. The van der Waals surface area contributed by atoms with Crippen LogP contribution < -0.4 is 14.5 Å². The molecular weight excluding hydrogens is 657 g/mol. The molecule has 0 saturated carbocycles. The number of halogens is 2. The lowest BCUT2D eigenvalue weighted by atomic mass is 10.1. The second-order valence-electron chi connectivity index (χ2n) is 11.5. The minimum absolute atomic E-state index is 0.291. The second kappa shape index (κ2) is 13.8. The van der Waals surface area contributed by atoms with Crippen LogP contribution in [0, 0.1) is 6.92 Å². The van der Waals surface area contributed by atoms with Gasteiger partial charge in [-0.05, 0) is 73.8 Å². The highest BCUT2D eigenvalue weighted by Gasteiger charge is 2.45. The zero-order valence-electron chi connectivity index (χ0n) is 26.1. The van der Waals surface area contributed by atoms with Crippen molar-refractivity contribution in [2.24, 2.45) is 0 Å².